The third-order valence-electron chi connectivity index (χ3n) is 28.1. The third kappa shape index (κ3) is 13.3. The Balaban J connectivity index is 0.000000143. The molecule has 134 heavy (non-hydrogen) atoms. The first-order valence-electron chi connectivity index (χ1n) is 46.3. The number of hydrogen-bond acceptors (Lipinski definition) is 0. The molecular formula is C128H88N4Si2. The largest absolute Gasteiger partial charge is 0.309 e. The molecule has 6 heteroatoms. The van der Waals surface area contributed by atoms with Crippen molar-refractivity contribution >= 4 is 166 Å². The highest BCUT2D eigenvalue weighted by molar-refractivity contribution is 7.20. The predicted octanol–water partition coefficient (Wildman–Crippen LogP) is 27.5. The highest BCUT2D eigenvalue weighted by Gasteiger charge is 2.43. The standard InChI is InChI=1S/2C64H44N2Si/c1-5-17-51(18-6-1)65-61-27-15-13-25-57(61)59-43-48(35-39-63(59)65)45-29-31-46(32-30-45)49-36-40-64-60(44-49)58-26-14-16-28-62(58)66(64)52-37-33-47-34-38-56(42-50(47)41-52)67(53-19-7-2-8-20-53,54-21-9-3-10-22-54)55-23-11-4-12-24-55;1-5-19-51(20-6-1)65-61-28-16-15-27-57(61)59-42-49(34-39-62(59)65)46-29-31-47(32-30-46)50-35-40-63-60(43-50)58-38-37-56(44-64(58)66(63)52-36-33-45-17-13-14-18-48(45)41-52)67(53-21-7-2-8-22-53,54-23-9-3-10-24-54)55-25-11-4-12-26-55/h2*1-44H. The second kappa shape index (κ2) is 33.2. The molecule has 0 bridgehead atoms. The van der Waals surface area contributed by atoms with Gasteiger partial charge in [-0.2, -0.15) is 0 Å². The number of hydrogen-bond donors (Lipinski definition) is 0. The lowest BCUT2D eigenvalue weighted by Gasteiger charge is -2.34. The van der Waals surface area contributed by atoms with E-state index in [-0.39, 0.29) is 0 Å². The van der Waals surface area contributed by atoms with Crippen molar-refractivity contribution in [3.05, 3.63) is 534 Å². The Morgan fingerprint density at radius 1 is 0.112 bits per heavy atom. The van der Waals surface area contributed by atoms with Crippen LogP contribution in [0.2, 0.25) is 0 Å². The van der Waals surface area contributed by atoms with Gasteiger partial charge in [-0.15, -0.1) is 0 Å². The van der Waals surface area contributed by atoms with Gasteiger partial charge in [0.25, 0.3) is 0 Å². The van der Waals surface area contributed by atoms with Crippen molar-refractivity contribution in [3.63, 3.8) is 0 Å². The fraction of sp³-hybridized carbons (Fsp3) is 0. The zero-order valence-corrected chi connectivity index (χ0v) is 75.6. The van der Waals surface area contributed by atoms with E-state index in [0.29, 0.717) is 0 Å². The molecule has 22 aromatic carbocycles. The summed E-state index contributed by atoms with van der Waals surface area (Å²) in [6.07, 6.45) is 0. The third-order valence-corrected chi connectivity index (χ3v) is 37.6. The molecule has 4 nitrogen and oxygen atoms in total. The molecule has 0 aliphatic carbocycles. The van der Waals surface area contributed by atoms with E-state index in [2.05, 4.69) is 552 Å². The monoisotopic (exact) mass is 1740 g/mol. The van der Waals surface area contributed by atoms with Crippen LogP contribution in [0.1, 0.15) is 0 Å². The second-order valence-corrected chi connectivity index (χ2v) is 43.0. The van der Waals surface area contributed by atoms with Crippen molar-refractivity contribution in [1.29, 1.82) is 0 Å². The Bertz CT molecular complexity index is 8750. The molecule has 0 radical (unpaired) electrons. The minimum Gasteiger partial charge on any atom is -0.309 e. The van der Waals surface area contributed by atoms with E-state index in [9.17, 15) is 0 Å². The van der Waals surface area contributed by atoms with Gasteiger partial charge in [-0.25, -0.2) is 0 Å². The number of benzene rings is 22. The fourth-order valence-corrected chi connectivity index (χ4v) is 31.5. The average Bonchev–Trinajstić information content (AvgIpc) is 1.26. The molecule has 4 aromatic heterocycles. The maximum absolute atomic E-state index is 2.79. The number of para-hydroxylation sites is 5. The first kappa shape index (κ1) is 79.2. The summed E-state index contributed by atoms with van der Waals surface area (Å²) in [5.41, 5.74) is 23.9. The van der Waals surface area contributed by atoms with Gasteiger partial charge in [0.15, 0.2) is 16.1 Å². The van der Waals surface area contributed by atoms with Crippen molar-refractivity contribution in [2.75, 3.05) is 0 Å². The first-order valence-corrected chi connectivity index (χ1v) is 50.3. The predicted molar refractivity (Wildman–Crippen MR) is 574 cm³/mol. The van der Waals surface area contributed by atoms with E-state index < -0.39 is 16.1 Å². The lowest BCUT2D eigenvalue weighted by atomic mass is 9.98. The summed E-state index contributed by atoms with van der Waals surface area (Å²) in [6.45, 7) is 0. The molecule has 0 aliphatic heterocycles. The minimum atomic E-state index is -2.79. The van der Waals surface area contributed by atoms with Crippen molar-refractivity contribution in [2.24, 2.45) is 0 Å². The van der Waals surface area contributed by atoms with Crippen LogP contribution in [0.4, 0.5) is 0 Å². The van der Waals surface area contributed by atoms with Gasteiger partial charge < -0.3 is 18.3 Å². The van der Waals surface area contributed by atoms with Crippen LogP contribution >= 0.6 is 0 Å². The number of aromatic nitrogens is 4. The zero-order valence-electron chi connectivity index (χ0n) is 73.6. The van der Waals surface area contributed by atoms with Crippen molar-refractivity contribution < 1.29 is 0 Å². The Labute approximate surface area is 780 Å². The molecule has 0 aliphatic rings. The maximum Gasteiger partial charge on any atom is 0.179 e. The van der Waals surface area contributed by atoms with Crippen LogP contribution in [0.5, 0.6) is 0 Å². The van der Waals surface area contributed by atoms with Crippen molar-refractivity contribution in [1.82, 2.24) is 18.3 Å². The minimum absolute atomic E-state index is 1.16. The van der Waals surface area contributed by atoms with E-state index in [0.717, 1.165) is 11.4 Å². The van der Waals surface area contributed by atoms with Crippen molar-refractivity contribution in [2.45, 2.75) is 0 Å². The molecule has 4 heterocycles. The van der Waals surface area contributed by atoms with Gasteiger partial charge >= 0.3 is 0 Å². The summed E-state index contributed by atoms with van der Waals surface area (Å²) in [6, 6.07) is 198. The van der Waals surface area contributed by atoms with Gasteiger partial charge in [0.2, 0.25) is 0 Å². The molecule has 0 amide bonds. The summed E-state index contributed by atoms with van der Waals surface area (Å²) in [5, 5.41) is 25.9. The normalized spacial score (nSPS) is 11.9. The van der Waals surface area contributed by atoms with E-state index in [4.69, 9.17) is 0 Å². The van der Waals surface area contributed by atoms with Crippen LogP contribution in [0.3, 0.4) is 0 Å². The highest BCUT2D eigenvalue weighted by Crippen LogP contribution is 2.43. The SMILES string of the molecule is c1ccc(-n2c3ccccc3c3cc(-c4ccc(-c5ccc6c(c5)c5ccc([Si](c7ccccc7)(c7ccccc7)c7ccccc7)cc5n6-c5ccc6ccccc6c5)cc4)ccc32)cc1.c1ccc(-n2c3ccccc3c3cc(-c4ccc(-c5ccc6c(c5)c5ccccc5n6-c5ccc6ccc([Si](c7ccccc7)(c7ccccc7)c7ccccc7)cc6c5)cc4)ccc32)cc1. The molecule has 0 unspecified atom stereocenters. The molecule has 26 rings (SSSR count). The lowest BCUT2D eigenvalue weighted by Crippen LogP contribution is -2.74. The molecule has 0 N–H and O–H groups in total. The molecule has 26 aromatic rings. The van der Waals surface area contributed by atoms with E-state index >= 15 is 0 Å². The molecule has 0 saturated heterocycles. The summed E-state index contributed by atoms with van der Waals surface area (Å²) < 4.78 is 9.69. The Kier molecular flexibility index (Phi) is 19.6. The van der Waals surface area contributed by atoms with Crippen LogP contribution in [0.25, 0.3) is 176 Å². The molecule has 0 atom stereocenters. The lowest BCUT2D eigenvalue weighted by molar-refractivity contribution is 1.18. The quantitative estimate of drug-likeness (QED) is 0.0679. The van der Waals surface area contributed by atoms with Gasteiger partial charge in [-0.05, 0) is 229 Å². The zero-order chi connectivity index (χ0) is 88.6. The Morgan fingerprint density at radius 2 is 0.351 bits per heavy atom. The number of fused-ring (bicyclic) bond motifs is 14. The van der Waals surface area contributed by atoms with Gasteiger partial charge in [0.1, 0.15) is 0 Å². The number of rotatable bonds is 16. The summed E-state index contributed by atoms with van der Waals surface area (Å²) in [7, 11) is -5.48. The maximum atomic E-state index is 2.52. The van der Waals surface area contributed by atoms with E-state index in [1.165, 1.54) is 206 Å². The van der Waals surface area contributed by atoms with Crippen LogP contribution in [0.15, 0.2) is 534 Å². The van der Waals surface area contributed by atoms with Gasteiger partial charge in [0.05, 0.1) is 44.1 Å². The summed E-state index contributed by atoms with van der Waals surface area (Å²) in [4.78, 5) is 0. The van der Waals surface area contributed by atoms with E-state index in [1.54, 1.807) is 0 Å². The van der Waals surface area contributed by atoms with Crippen molar-refractivity contribution in [3.8, 4) is 67.3 Å². The van der Waals surface area contributed by atoms with Crippen LogP contribution in [0, 0.1) is 0 Å². The molecular weight excluding hydrogens is 1650 g/mol. The molecule has 0 fully saturated rings. The van der Waals surface area contributed by atoms with Crippen LogP contribution in [-0.4, -0.2) is 34.4 Å². The van der Waals surface area contributed by atoms with Gasteiger partial charge in [0, 0.05) is 65.8 Å². The smallest absolute Gasteiger partial charge is 0.179 e. The molecule has 0 saturated carbocycles. The van der Waals surface area contributed by atoms with E-state index in [1.807, 2.05) is 0 Å². The molecule has 628 valence electrons. The highest BCUT2D eigenvalue weighted by atomic mass is 28.3. The van der Waals surface area contributed by atoms with Gasteiger partial charge in [-0.3, -0.25) is 0 Å². The number of nitrogens with zero attached hydrogens (tertiary/aromatic N) is 4. The van der Waals surface area contributed by atoms with Crippen LogP contribution in [-0.2, 0) is 0 Å². The first-order chi connectivity index (χ1) is 66.4. The Morgan fingerprint density at radius 3 is 0.701 bits per heavy atom. The van der Waals surface area contributed by atoms with Crippen LogP contribution < -0.4 is 41.5 Å². The Hall–Kier alpha value is -17.0. The second-order valence-electron chi connectivity index (χ2n) is 35.4. The fourth-order valence-electron chi connectivity index (χ4n) is 21.9. The average molecular weight is 1740 g/mol. The van der Waals surface area contributed by atoms with Gasteiger partial charge in [-0.1, -0.05) is 413 Å². The summed E-state index contributed by atoms with van der Waals surface area (Å²) in [5.74, 6) is 0. The summed E-state index contributed by atoms with van der Waals surface area (Å²) >= 11 is 0. The topological polar surface area (TPSA) is 19.7 Å². The molecule has 0 spiro atoms.